The van der Waals surface area contributed by atoms with Gasteiger partial charge in [0.1, 0.15) is 0 Å². The first-order chi connectivity index (χ1) is 7.52. The second-order valence-corrected chi connectivity index (χ2v) is 2.83. The molecule has 0 fully saturated rings. The van der Waals surface area contributed by atoms with E-state index in [0.717, 1.165) is 6.33 Å². The lowest BCUT2D eigenvalue weighted by Crippen LogP contribution is -2.27. The van der Waals surface area contributed by atoms with Gasteiger partial charge in [-0.15, -0.1) is 0 Å². The maximum absolute atomic E-state index is 11.4. The van der Waals surface area contributed by atoms with Gasteiger partial charge in [-0.25, -0.2) is 9.78 Å². The Kier molecular flexibility index (Phi) is 3.59. The molecule has 0 radical (unpaired) electrons. The number of amides is 1. The van der Waals surface area contributed by atoms with Crippen molar-refractivity contribution >= 4 is 17.8 Å². The van der Waals surface area contributed by atoms with Crippen molar-refractivity contribution in [2.24, 2.45) is 0 Å². The summed E-state index contributed by atoms with van der Waals surface area (Å²) in [7, 11) is 0. The van der Waals surface area contributed by atoms with Gasteiger partial charge in [-0.05, 0) is 0 Å². The summed E-state index contributed by atoms with van der Waals surface area (Å²) in [5.41, 5.74) is -0.592. The van der Waals surface area contributed by atoms with Gasteiger partial charge in [0.25, 0.3) is 5.91 Å². The number of aliphatic carboxylic acids is 1. The summed E-state index contributed by atoms with van der Waals surface area (Å²) in [5, 5.41) is 19.3. The Morgan fingerprint density at radius 3 is 2.62 bits per heavy atom. The highest BCUT2D eigenvalue weighted by atomic mass is 16.4. The van der Waals surface area contributed by atoms with Crippen molar-refractivity contribution in [3.8, 4) is 0 Å². The van der Waals surface area contributed by atoms with Crippen molar-refractivity contribution < 1.29 is 24.6 Å². The Morgan fingerprint density at radius 1 is 1.38 bits per heavy atom. The van der Waals surface area contributed by atoms with E-state index in [9.17, 15) is 14.4 Å². The summed E-state index contributed by atoms with van der Waals surface area (Å²) < 4.78 is 0. The molecule has 86 valence electrons. The predicted octanol–water partition coefficient (Wildman–Crippen LogP) is -0.688. The molecule has 1 aromatic heterocycles. The molecule has 0 unspecified atom stereocenters. The number of imidazole rings is 1. The van der Waals surface area contributed by atoms with E-state index in [1.807, 2.05) is 0 Å². The molecule has 0 aliphatic heterocycles. The van der Waals surface area contributed by atoms with Crippen molar-refractivity contribution in [3.63, 3.8) is 0 Å². The average molecular weight is 227 g/mol. The molecule has 0 spiro atoms. The van der Waals surface area contributed by atoms with E-state index in [4.69, 9.17) is 10.2 Å². The quantitative estimate of drug-likeness (QED) is 0.526. The van der Waals surface area contributed by atoms with E-state index in [1.54, 1.807) is 0 Å². The lowest BCUT2D eigenvalue weighted by atomic mass is 10.3. The summed E-state index contributed by atoms with van der Waals surface area (Å²) in [6.07, 6.45) is 0.841. The molecule has 16 heavy (non-hydrogen) atoms. The highest BCUT2D eigenvalue weighted by molar-refractivity contribution is 6.02. The Bertz CT molecular complexity index is 425. The van der Waals surface area contributed by atoms with E-state index >= 15 is 0 Å². The molecule has 4 N–H and O–H groups in total. The SMILES string of the molecule is O=C(O)CCNC(=O)c1nc[nH]c1C(=O)O. The molecular formula is C8H9N3O5. The van der Waals surface area contributed by atoms with Gasteiger partial charge in [0, 0.05) is 6.54 Å². The van der Waals surface area contributed by atoms with Gasteiger partial charge >= 0.3 is 11.9 Å². The fraction of sp³-hybridized carbons (Fsp3) is 0.250. The predicted molar refractivity (Wildman–Crippen MR) is 50.1 cm³/mol. The van der Waals surface area contributed by atoms with Crippen LogP contribution in [-0.2, 0) is 4.79 Å². The second kappa shape index (κ2) is 4.91. The Labute approximate surface area is 89.3 Å². The summed E-state index contributed by atoms with van der Waals surface area (Å²) in [4.78, 5) is 38.0. The number of H-pyrrole nitrogens is 1. The maximum Gasteiger partial charge on any atom is 0.354 e. The van der Waals surface area contributed by atoms with Gasteiger partial charge in [0.15, 0.2) is 11.4 Å². The molecule has 1 rings (SSSR count). The largest absolute Gasteiger partial charge is 0.481 e. The number of hydrogen-bond donors (Lipinski definition) is 4. The van der Waals surface area contributed by atoms with Crippen LogP contribution in [-0.4, -0.2) is 44.6 Å². The van der Waals surface area contributed by atoms with Crippen LogP contribution >= 0.6 is 0 Å². The normalized spacial score (nSPS) is 9.75. The molecule has 0 saturated carbocycles. The molecule has 8 nitrogen and oxygen atoms in total. The monoisotopic (exact) mass is 227 g/mol. The van der Waals surface area contributed by atoms with Crippen molar-refractivity contribution in [1.29, 1.82) is 0 Å². The summed E-state index contributed by atoms with van der Waals surface area (Å²) in [6.45, 7) is -0.0832. The smallest absolute Gasteiger partial charge is 0.354 e. The third kappa shape index (κ3) is 2.80. The van der Waals surface area contributed by atoms with Gasteiger partial charge in [0.05, 0.1) is 12.7 Å². The van der Waals surface area contributed by atoms with Crippen LogP contribution in [0.2, 0.25) is 0 Å². The Morgan fingerprint density at radius 2 is 2.06 bits per heavy atom. The number of nitrogens with one attached hydrogen (secondary N) is 2. The summed E-state index contributed by atoms with van der Waals surface area (Å²) in [6, 6.07) is 0. The number of aromatic nitrogens is 2. The van der Waals surface area contributed by atoms with E-state index < -0.39 is 17.8 Å². The number of carboxylic acid groups (broad SMARTS) is 2. The van der Waals surface area contributed by atoms with Gasteiger partial charge in [-0.1, -0.05) is 0 Å². The van der Waals surface area contributed by atoms with Crippen LogP contribution in [0.4, 0.5) is 0 Å². The number of carboxylic acids is 2. The van der Waals surface area contributed by atoms with Crippen molar-refractivity contribution in [1.82, 2.24) is 15.3 Å². The minimum Gasteiger partial charge on any atom is -0.481 e. The van der Waals surface area contributed by atoms with Crippen LogP contribution in [0, 0.1) is 0 Å². The molecule has 0 bridgehead atoms. The number of carbonyl (C=O) groups excluding carboxylic acids is 1. The first-order valence-corrected chi connectivity index (χ1v) is 4.29. The second-order valence-electron chi connectivity index (χ2n) is 2.83. The molecule has 0 aromatic carbocycles. The number of rotatable bonds is 5. The zero-order chi connectivity index (χ0) is 12.1. The number of carbonyl (C=O) groups is 3. The van der Waals surface area contributed by atoms with Crippen molar-refractivity contribution in [2.45, 2.75) is 6.42 Å². The van der Waals surface area contributed by atoms with E-state index in [-0.39, 0.29) is 24.4 Å². The zero-order valence-electron chi connectivity index (χ0n) is 8.06. The third-order valence-corrected chi connectivity index (χ3v) is 1.69. The third-order valence-electron chi connectivity index (χ3n) is 1.69. The molecule has 0 aliphatic rings. The highest BCUT2D eigenvalue weighted by Gasteiger charge is 2.19. The minimum absolute atomic E-state index is 0.0832. The number of nitrogens with zero attached hydrogens (tertiary/aromatic N) is 1. The first-order valence-electron chi connectivity index (χ1n) is 4.29. The molecule has 8 heteroatoms. The average Bonchev–Trinajstić information content (AvgIpc) is 2.65. The Hall–Kier alpha value is -2.38. The van der Waals surface area contributed by atoms with Gasteiger partial charge in [0.2, 0.25) is 0 Å². The van der Waals surface area contributed by atoms with Crippen molar-refractivity contribution in [3.05, 3.63) is 17.7 Å². The zero-order valence-corrected chi connectivity index (χ0v) is 8.06. The van der Waals surface area contributed by atoms with Gasteiger partial charge in [-0.2, -0.15) is 0 Å². The molecule has 1 amide bonds. The summed E-state index contributed by atoms with van der Waals surface area (Å²) in [5.74, 6) is -3.08. The first kappa shape index (κ1) is 11.7. The van der Waals surface area contributed by atoms with Gasteiger partial charge in [-0.3, -0.25) is 9.59 Å². The molecular weight excluding hydrogens is 218 g/mol. The lowest BCUT2D eigenvalue weighted by Gasteiger charge is -2.01. The van der Waals surface area contributed by atoms with E-state index in [1.165, 1.54) is 0 Å². The van der Waals surface area contributed by atoms with Crippen molar-refractivity contribution in [2.75, 3.05) is 6.54 Å². The molecule has 0 saturated heterocycles. The standard InChI is InChI=1S/C8H9N3O5/c12-4(13)1-2-9-7(14)5-6(8(15)16)11-3-10-5/h3H,1-2H2,(H,9,14)(H,10,11)(H,12,13)(H,15,16). The van der Waals surface area contributed by atoms with E-state index in [2.05, 4.69) is 15.3 Å². The minimum atomic E-state index is -1.30. The number of hydrogen-bond acceptors (Lipinski definition) is 4. The fourth-order valence-corrected chi connectivity index (χ4v) is 0.996. The number of aromatic amines is 1. The van der Waals surface area contributed by atoms with E-state index in [0.29, 0.717) is 0 Å². The molecule has 1 heterocycles. The van der Waals surface area contributed by atoms with Crippen LogP contribution in [0.15, 0.2) is 6.33 Å². The highest BCUT2D eigenvalue weighted by Crippen LogP contribution is 2.02. The van der Waals surface area contributed by atoms with Crippen LogP contribution in [0.5, 0.6) is 0 Å². The van der Waals surface area contributed by atoms with Crippen LogP contribution < -0.4 is 5.32 Å². The number of aromatic carboxylic acids is 1. The molecule has 0 aliphatic carbocycles. The topological polar surface area (TPSA) is 132 Å². The van der Waals surface area contributed by atoms with Crippen LogP contribution in [0.3, 0.4) is 0 Å². The van der Waals surface area contributed by atoms with Crippen LogP contribution in [0.25, 0.3) is 0 Å². The maximum atomic E-state index is 11.4. The Balaban J connectivity index is 2.62. The molecule has 0 atom stereocenters. The van der Waals surface area contributed by atoms with Gasteiger partial charge < -0.3 is 20.5 Å². The lowest BCUT2D eigenvalue weighted by molar-refractivity contribution is -0.136. The fourth-order valence-electron chi connectivity index (χ4n) is 0.996. The molecule has 1 aromatic rings. The summed E-state index contributed by atoms with van der Waals surface area (Å²) >= 11 is 0. The van der Waals surface area contributed by atoms with Crippen LogP contribution in [0.1, 0.15) is 27.4 Å².